The molecule has 0 saturated heterocycles. The van der Waals surface area contributed by atoms with Crippen LogP contribution in [0.15, 0.2) is 47.9 Å². The zero-order valence-electron chi connectivity index (χ0n) is 16.0. The minimum Gasteiger partial charge on any atom is -0.383 e. The van der Waals surface area contributed by atoms with Crippen molar-refractivity contribution in [3.63, 3.8) is 0 Å². The van der Waals surface area contributed by atoms with E-state index in [-0.39, 0.29) is 11.8 Å². The Bertz CT molecular complexity index is 917. The van der Waals surface area contributed by atoms with E-state index in [1.165, 1.54) is 11.8 Å². The van der Waals surface area contributed by atoms with E-state index in [4.69, 9.17) is 4.74 Å². The fourth-order valence-corrected chi connectivity index (χ4v) is 3.96. The largest absolute Gasteiger partial charge is 0.383 e. The number of para-hydroxylation sites is 1. The summed E-state index contributed by atoms with van der Waals surface area (Å²) in [5.74, 6) is 0.391. The highest BCUT2D eigenvalue weighted by Crippen LogP contribution is 2.23. The van der Waals surface area contributed by atoms with E-state index in [9.17, 15) is 4.79 Å². The first-order valence-electron chi connectivity index (χ1n) is 8.81. The number of hydrogen-bond acceptors (Lipinski definition) is 5. The van der Waals surface area contributed by atoms with Crippen molar-refractivity contribution < 1.29 is 9.53 Å². The Balaban J connectivity index is 1.68. The molecule has 2 heterocycles. The van der Waals surface area contributed by atoms with Gasteiger partial charge in [0.05, 0.1) is 24.1 Å². The Hall–Kier alpha value is -2.38. The van der Waals surface area contributed by atoms with Crippen LogP contribution in [0, 0.1) is 13.8 Å². The van der Waals surface area contributed by atoms with Gasteiger partial charge in [0.25, 0.3) is 0 Å². The van der Waals surface area contributed by atoms with Crippen LogP contribution >= 0.6 is 11.8 Å². The number of carbonyl (C=O) groups excluding carboxylic acids is 1. The molecule has 0 aliphatic carbocycles. The van der Waals surface area contributed by atoms with Gasteiger partial charge in [-0.3, -0.25) is 4.79 Å². The van der Waals surface area contributed by atoms with Crippen molar-refractivity contribution in [3.8, 4) is 5.69 Å². The predicted octanol–water partition coefficient (Wildman–Crippen LogP) is 3.87. The molecule has 0 spiro atoms. The average Bonchev–Trinajstić information content (AvgIpc) is 3.25. The molecule has 27 heavy (non-hydrogen) atoms. The van der Waals surface area contributed by atoms with E-state index in [1.807, 2.05) is 50.2 Å². The van der Waals surface area contributed by atoms with Crippen molar-refractivity contribution in [1.82, 2.24) is 19.3 Å². The van der Waals surface area contributed by atoms with Crippen LogP contribution in [-0.4, -0.2) is 44.6 Å². The van der Waals surface area contributed by atoms with Crippen LogP contribution in [0.3, 0.4) is 0 Å². The maximum Gasteiger partial charge on any atom is 0.209 e. The third kappa shape index (κ3) is 4.31. The van der Waals surface area contributed by atoms with Crippen molar-refractivity contribution >= 4 is 17.5 Å². The molecule has 0 amide bonds. The minimum absolute atomic E-state index is 0.0834. The summed E-state index contributed by atoms with van der Waals surface area (Å²) in [5.41, 5.74) is 3.74. The zero-order chi connectivity index (χ0) is 19.4. The maximum atomic E-state index is 12.7. The Labute approximate surface area is 163 Å². The molecule has 1 aromatic carbocycles. The highest BCUT2D eigenvalue weighted by Gasteiger charge is 2.19. The summed E-state index contributed by atoms with van der Waals surface area (Å²) < 4.78 is 9.12. The molecule has 1 atom stereocenters. The predicted molar refractivity (Wildman–Crippen MR) is 107 cm³/mol. The highest BCUT2D eigenvalue weighted by atomic mass is 32.2. The number of aromatic nitrogens is 4. The van der Waals surface area contributed by atoms with Crippen LogP contribution in [0.4, 0.5) is 0 Å². The first kappa shape index (κ1) is 19.4. The highest BCUT2D eigenvalue weighted by molar-refractivity contribution is 7.99. The molecule has 0 aliphatic heterocycles. The van der Waals surface area contributed by atoms with Gasteiger partial charge in [0, 0.05) is 24.1 Å². The van der Waals surface area contributed by atoms with Gasteiger partial charge in [0.15, 0.2) is 5.78 Å². The summed E-state index contributed by atoms with van der Waals surface area (Å²) in [5, 5.41) is 5.03. The van der Waals surface area contributed by atoms with Crippen LogP contribution in [0.25, 0.3) is 5.69 Å². The summed E-state index contributed by atoms with van der Waals surface area (Å²) >= 11 is 1.35. The second kappa shape index (κ2) is 8.54. The summed E-state index contributed by atoms with van der Waals surface area (Å²) in [6, 6.07) is 11.9. The normalized spacial score (nSPS) is 12.3. The van der Waals surface area contributed by atoms with E-state index in [2.05, 4.69) is 21.6 Å². The number of benzene rings is 1. The topological polar surface area (TPSA) is 61.9 Å². The van der Waals surface area contributed by atoms with Gasteiger partial charge in [-0.1, -0.05) is 30.0 Å². The van der Waals surface area contributed by atoms with Crippen molar-refractivity contribution in [1.29, 1.82) is 0 Å². The molecule has 0 saturated carbocycles. The smallest absolute Gasteiger partial charge is 0.209 e. The lowest BCUT2D eigenvalue weighted by Gasteiger charge is -2.17. The molecular formula is C20H24N4O2S. The van der Waals surface area contributed by atoms with Crippen LogP contribution < -0.4 is 0 Å². The summed E-state index contributed by atoms with van der Waals surface area (Å²) in [4.78, 5) is 17.0. The van der Waals surface area contributed by atoms with Gasteiger partial charge in [0.2, 0.25) is 5.16 Å². The number of hydrogen-bond donors (Lipinski definition) is 0. The van der Waals surface area contributed by atoms with Gasteiger partial charge in [-0.25, -0.2) is 9.67 Å². The molecule has 142 valence electrons. The van der Waals surface area contributed by atoms with Gasteiger partial charge in [-0.2, -0.15) is 0 Å². The molecule has 0 N–H and O–H groups in total. The van der Waals surface area contributed by atoms with Gasteiger partial charge < -0.3 is 9.30 Å². The monoisotopic (exact) mass is 384 g/mol. The molecule has 0 fully saturated rings. The van der Waals surface area contributed by atoms with E-state index in [0.29, 0.717) is 17.5 Å². The number of ketones is 1. The van der Waals surface area contributed by atoms with Crippen LogP contribution in [0.2, 0.25) is 0 Å². The van der Waals surface area contributed by atoms with Crippen LogP contribution in [-0.2, 0) is 4.74 Å². The third-order valence-electron chi connectivity index (χ3n) is 4.46. The number of nitrogens with zero attached hydrogens (tertiary/aromatic N) is 4. The quantitative estimate of drug-likeness (QED) is 0.436. The van der Waals surface area contributed by atoms with E-state index >= 15 is 0 Å². The second-order valence-electron chi connectivity index (χ2n) is 6.48. The molecule has 0 aliphatic rings. The standard InChI is InChI=1S/C20H24N4O2S/c1-14-10-18(16(3)24(14)15(2)11-26-4)19(25)12-27-20-21-13-23(22-20)17-8-6-5-7-9-17/h5-10,13,15H,11-12H2,1-4H3. The van der Waals surface area contributed by atoms with Crippen LogP contribution in [0.5, 0.6) is 0 Å². The van der Waals surface area contributed by atoms with Gasteiger partial charge in [-0.05, 0) is 39.0 Å². The molecule has 1 unspecified atom stereocenters. The second-order valence-corrected chi connectivity index (χ2v) is 7.42. The molecular weight excluding hydrogens is 360 g/mol. The number of methoxy groups -OCH3 is 1. The first-order valence-corrected chi connectivity index (χ1v) is 9.80. The van der Waals surface area contributed by atoms with Crippen molar-refractivity contribution in [2.75, 3.05) is 19.5 Å². The fourth-order valence-electron chi connectivity index (χ4n) is 3.28. The third-order valence-corrected chi connectivity index (χ3v) is 5.31. The summed E-state index contributed by atoms with van der Waals surface area (Å²) in [6.45, 7) is 6.71. The van der Waals surface area contributed by atoms with Gasteiger partial charge in [0.1, 0.15) is 6.33 Å². The van der Waals surface area contributed by atoms with Gasteiger partial charge >= 0.3 is 0 Å². The van der Waals surface area contributed by atoms with Crippen molar-refractivity contribution in [2.45, 2.75) is 32.0 Å². The molecule has 7 heteroatoms. The van der Waals surface area contributed by atoms with Gasteiger partial charge in [-0.15, -0.1) is 5.10 Å². The van der Waals surface area contributed by atoms with E-state index in [0.717, 1.165) is 22.6 Å². The average molecular weight is 385 g/mol. The van der Waals surface area contributed by atoms with Crippen molar-refractivity contribution in [3.05, 3.63) is 59.7 Å². The number of thioether (sulfide) groups is 1. The van der Waals surface area contributed by atoms with E-state index in [1.54, 1.807) is 18.1 Å². The summed E-state index contributed by atoms with van der Waals surface area (Å²) in [6.07, 6.45) is 1.67. The lowest BCUT2D eigenvalue weighted by molar-refractivity contribution is 0.102. The Morgan fingerprint density at radius 1 is 1.26 bits per heavy atom. The Morgan fingerprint density at radius 3 is 2.70 bits per heavy atom. The number of aryl methyl sites for hydroxylation is 1. The SMILES string of the molecule is COCC(C)n1c(C)cc(C(=O)CSc2ncn(-c3ccccc3)n2)c1C. The lowest BCUT2D eigenvalue weighted by atomic mass is 10.2. The lowest BCUT2D eigenvalue weighted by Crippen LogP contribution is -2.14. The first-order chi connectivity index (χ1) is 13.0. The minimum atomic E-state index is 0.0834. The molecule has 0 radical (unpaired) electrons. The Morgan fingerprint density at radius 2 is 2.00 bits per heavy atom. The maximum absolute atomic E-state index is 12.7. The van der Waals surface area contributed by atoms with Crippen molar-refractivity contribution in [2.24, 2.45) is 0 Å². The summed E-state index contributed by atoms with van der Waals surface area (Å²) in [7, 11) is 1.69. The van der Waals surface area contributed by atoms with E-state index < -0.39 is 0 Å². The molecule has 2 aromatic heterocycles. The molecule has 3 rings (SSSR count). The number of rotatable bonds is 8. The molecule has 6 nitrogen and oxygen atoms in total. The molecule has 0 bridgehead atoms. The number of ether oxygens (including phenoxy) is 1. The molecule has 3 aromatic rings. The van der Waals surface area contributed by atoms with Crippen LogP contribution in [0.1, 0.15) is 34.7 Å². The number of carbonyl (C=O) groups is 1. The Kier molecular flexibility index (Phi) is 6.13. The number of Topliss-reactive ketones (excluding diaryl/α,β-unsaturated/α-hetero) is 1. The fraction of sp³-hybridized carbons (Fsp3) is 0.350. The zero-order valence-corrected chi connectivity index (χ0v) is 16.9.